The molecule has 2 aromatic heterocycles. The zero-order chi connectivity index (χ0) is 18.2. The summed E-state index contributed by atoms with van der Waals surface area (Å²) in [5, 5.41) is 9.02. The third-order valence-corrected chi connectivity index (χ3v) is 5.74. The van der Waals surface area contributed by atoms with Crippen molar-refractivity contribution in [3.8, 4) is 0 Å². The summed E-state index contributed by atoms with van der Waals surface area (Å²) in [4.78, 5) is 0.195. The monoisotopic (exact) mass is 379 g/mol. The first kappa shape index (κ1) is 17.5. The first-order valence-electron chi connectivity index (χ1n) is 7.56. The predicted octanol–water partition coefficient (Wildman–Crippen LogP) is 2.74. The highest BCUT2D eigenvalue weighted by atomic mass is 35.5. The van der Waals surface area contributed by atoms with Crippen molar-refractivity contribution < 1.29 is 8.42 Å². The van der Waals surface area contributed by atoms with E-state index in [9.17, 15) is 8.42 Å². The smallest absolute Gasteiger partial charge is 0.265 e. The number of aryl methyl sites for hydroxylation is 2. The van der Waals surface area contributed by atoms with Gasteiger partial charge in [-0.1, -0.05) is 23.7 Å². The zero-order valence-corrected chi connectivity index (χ0v) is 15.6. The van der Waals surface area contributed by atoms with Gasteiger partial charge in [-0.15, -0.1) is 0 Å². The largest absolute Gasteiger partial charge is 0.276 e. The second-order valence-electron chi connectivity index (χ2n) is 5.78. The average molecular weight is 380 g/mol. The van der Waals surface area contributed by atoms with Crippen molar-refractivity contribution in [1.82, 2.24) is 19.6 Å². The molecule has 0 saturated carbocycles. The second kappa shape index (κ2) is 6.53. The predicted molar refractivity (Wildman–Crippen MR) is 96.3 cm³/mol. The Labute approximate surface area is 151 Å². The van der Waals surface area contributed by atoms with Gasteiger partial charge in [0, 0.05) is 18.3 Å². The number of halogens is 1. The third-order valence-electron chi connectivity index (χ3n) is 3.85. The Balaban J connectivity index is 1.79. The van der Waals surface area contributed by atoms with E-state index < -0.39 is 10.0 Å². The summed E-state index contributed by atoms with van der Waals surface area (Å²) in [6.45, 7) is 3.91. The van der Waals surface area contributed by atoms with E-state index in [1.54, 1.807) is 48.6 Å². The number of nitrogens with one attached hydrogen (secondary N) is 1. The standard InChI is InChI=1S/C16H18ClN5O2S/c1-11-16(12(2)21(3)19-11)25(23,24)20-15-8-18-22(10-15)9-13-4-6-14(17)7-5-13/h4-8,10,20H,9H2,1-3H3. The molecule has 0 atom stereocenters. The van der Waals surface area contributed by atoms with Crippen molar-refractivity contribution in [3.05, 3.63) is 58.6 Å². The Morgan fingerprint density at radius 2 is 1.88 bits per heavy atom. The maximum absolute atomic E-state index is 12.6. The van der Waals surface area contributed by atoms with Crippen LogP contribution in [-0.4, -0.2) is 28.0 Å². The highest BCUT2D eigenvalue weighted by molar-refractivity contribution is 7.92. The molecular weight excluding hydrogens is 362 g/mol. The van der Waals surface area contributed by atoms with E-state index in [1.165, 1.54) is 6.20 Å². The van der Waals surface area contributed by atoms with Crippen molar-refractivity contribution in [2.24, 2.45) is 7.05 Å². The molecule has 1 N–H and O–H groups in total. The molecule has 0 aliphatic heterocycles. The Bertz CT molecular complexity index is 1010. The highest BCUT2D eigenvalue weighted by Gasteiger charge is 2.24. The van der Waals surface area contributed by atoms with Gasteiger partial charge in [0.1, 0.15) is 4.90 Å². The lowest BCUT2D eigenvalue weighted by Crippen LogP contribution is -2.14. The summed E-state index contributed by atoms with van der Waals surface area (Å²) in [5.74, 6) is 0. The minimum absolute atomic E-state index is 0.195. The van der Waals surface area contributed by atoms with E-state index in [-0.39, 0.29) is 4.90 Å². The van der Waals surface area contributed by atoms with Crippen LogP contribution in [0.15, 0.2) is 41.6 Å². The zero-order valence-electron chi connectivity index (χ0n) is 14.1. The molecule has 3 aromatic rings. The molecule has 0 spiro atoms. The Morgan fingerprint density at radius 3 is 2.48 bits per heavy atom. The van der Waals surface area contributed by atoms with Gasteiger partial charge in [0.05, 0.1) is 29.8 Å². The molecule has 0 amide bonds. The maximum atomic E-state index is 12.6. The van der Waals surface area contributed by atoms with Crippen LogP contribution in [0.1, 0.15) is 17.0 Å². The summed E-state index contributed by atoms with van der Waals surface area (Å²) in [6.07, 6.45) is 3.13. The van der Waals surface area contributed by atoms with Crippen LogP contribution in [0.5, 0.6) is 0 Å². The molecule has 0 radical (unpaired) electrons. The number of benzene rings is 1. The van der Waals surface area contributed by atoms with Crippen LogP contribution in [0.4, 0.5) is 5.69 Å². The lowest BCUT2D eigenvalue weighted by Gasteiger charge is -2.06. The summed E-state index contributed by atoms with van der Waals surface area (Å²) < 4.78 is 31.1. The molecule has 0 bridgehead atoms. The minimum atomic E-state index is -3.72. The Morgan fingerprint density at radius 1 is 1.20 bits per heavy atom. The summed E-state index contributed by atoms with van der Waals surface area (Å²) in [6, 6.07) is 7.41. The highest BCUT2D eigenvalue weighted by Crippen LogP contribution is 2.22. The molecule has 25 heavy (non-hydrogen) atoms. The Hall–Kier alpha value is -2.32. The molecule has 0 fully saturated rings. The van der Waals surface area contributed by atoms with E-state index in [0.717, 1.165) is 5.56 Å². The van der Waals surface area contributed by atoms with Crippen molar-refractivity contribution in [3.63, 3.8) is 0 Å². The molecule has 2 heterocycles. The fraction of sp³-hybridized carbons (Fsp3) is 0.250. The van der Waals surface area contributed by atoms with Crippen LogP contribution in [0.25, 0.3) is 0 Å². The van der Waals surface area contributed by atoms with Gasteiger partial charge in [-0.2, -0.15) is 10.2 Å². The van der Waals surface area contributed by atoms with Crippen LogP contribution in [0.2, 0.25) is 5.02 Å². The van der Waals surface area contributed by atoms with Crippen molar-refractivity contribution in [2.75, 3.05) is 4.72 Å². The summed E-state index contributed by atoms with van der Waals surface area (Å²) >= 11 is 5.87. The van der Waals surface area contributed by atoms with Crippen LogP contribution in [-0.2, 0) is 23.6 Å². The lowest BCUT2D eigenvalue weighted by atomic mass is 10.2. The number of hydrogen-bond donors (Lipinski definition) is 1. The van der Waals surface area contributed by atoms with Crippen LogP contribution in [0.3, 0.4) is 0 Å². The van der Waals surface area contributed by atoms with Crippen molar-refractivity contribution in [2.45, 2.75) is 25.3 Å². The summed E-state index contributed by atoms with van der Waals surface area (Å²) in [5.41, 5.74) is 2.46. The first-order chi connectivity index (χ1) is 11.8. The maximum Gasteiger partial charge on any atom is 0.265 e. The molecule has 132 valence electrons. The summed E-state index contributed by atoms with van der Waals surface area (Å²) in [7, 11) is -2.01. The van der Waals surface area contributed by atoms with E-state index in [1.807, 2.05) is 12.1 Å². The molecule has 0 aliphatic carbocycles. The lowest BCUT2D eigenvalue weighted by molar-refractivity contribution is 0.599. The first-order valence-corrected chi connectivity index (χ1v) is 9.42. The molecule has 9 heteroatoms. The van der Waals surface area contributed by atoms with E-state index >= 15 is 0 Å². The van der Waals surface area contributed by atoms with Gasteiger partial charge in [0.25, 0.3) is 10.0 Å². The van der Waals surface area contributed by atoms with Gasteiger partial charge in [0.2, 0.25) is 0 Å². The van der Waals surface area contributed by atoms with Crippen molar-refractivity contribution >= 4 is 27.3 Å². The van der Waals surface area contributed by atoms with Gasteiger partial charge in [-0.3, -0.25) is 14.1 Å². The average Bonchev–Trinajstić information content (AvgIpc) is 3.05. The van der Waals surface area contributed by atoms with E-state index in [2.05, 4.69) is 14.9 Å². The SMILES string of the molecule is Cc1nn(C)c(C)c1S(=O)(=O)Nc1cnn(Cc2ccc(Cl)cc2)c1. The number of rotatable bonds is 5. The van der Waals surface area contributed by atoms with Crippen LogP contribution in [0, 0.1) is 13.8 Å². The molecule has 3 rings (SSSR count). The molecule has 1 aromatic carbocycles. The number of aromatic nitrogens is 4. The number of nitrogens with zero attached hydrogens (tertiary/aromatic N) is 4. The fourth-order valence-electron chi connectivity index (χ4n) is 2.63. The number of hydrogen-bond acceptors (Lipinski definition) is 4. The van der Waals surface area contributed by atoms with Gasteiger partial charge < -0.3 is 0 Å². The normalized spacial score (nSPS) is 11.7. The van der Waals surface area contributed by atoms with Gasteiger partial charge in [-0.25, -0.2) is 8.42 Å². The van der Waals surface area contributed by atoms with E-state index in [4.69, 9.17) is 11.6 Å². The van der Waals surface area contributed by atoms with Crippen LogP contribution >= 0.6 is 11.6 Å². The third kappa shape index (κ3) is 3.69. The quantitative estimate of drug-likeness (QED) is 0.739. The van der Waals surface area contributed by atoms with Gasteiger partial charge in [-0.05, 0) is 31.5 Å². The number of anilines is 1. The Kier molecular flexibility index (Phi) is 4.57. The minimum Gasteiger partial charge on any atom is -0.276 e. The molecule has 0 aliphatic rings. The molecule has 0 saturated heterocycles. The van der Waals surface area contributed by atoms with Crippen LogP contribution < -0.4 is 4.72 Å². The van der Waals surface area contributed by atoms with Crippen molar-refractivity contribution in [1.29, 1.82) is 0 Å². The molecule has 0 unspecified atom stereocenters. The molecule has 7 nitrogen and oxygen atoms in total. The van der Waals surface area contributed by atoms with Gasteiger partial charge in [0.15, 0.2) is 0 Å². The topological polar surface area (TPSA) is 81.8 Å². The number of sulfonamides is 1. The molecular formula is C16H18ClN5O2S. The van der Waals surface area contributed by atoms with Gasteiger partial charge >= 0.3 is 0 Å². The van der Waals surface area contributed by atoms with E-state index in [0.29, 0.717) is 28.6 Å². The fourth-order valence-corrected chi connectivity index (χ4v) is 4.22. The second-order valence-corrected chi connectivity index (χ2v) is 7.84.